The minimum absolute atomic E-state index is 0.00172. The van der Waals surface area contributed by atoms with Crippen LogP contribution in [0.1, 0.15) is 5.56 Å². The number of aromatic amines is 1. The number of H-pyrrole nitrogens is 1. The molecule has 0 saturated heterocycles. The van der Waals surface area contributed by atoms with Gasteiger partial charge in [-0.3, -0.25) is 4.79 Å². The Labute approximate surface area is 113 Å². The van der Waals surface area contributed by atoms with Gasteiger partial charge in [-0.15, -0.1) is 0 Å². The molecule has 2 aromatic carbocycles. The monoisotopic (exact) mass is 268 g/mol. The van der Waals surface area contributed by atoms with Crippen LogP contribution in [0.3, 0.4) is 0 Å². The third-order valence-electron chi connectivity index (χ3n) is 3.14. The van der Waals surface area contributed by atoms with Crippen LogP contribution in [0.15, 0.2) is 52.1 Å². The second kappa shape index (κ2) is 4.38. The van der Waals surface area contributed by atoms with Crippen LogP contribution in [0.25, 0.3) is 16.6 Å². The summed E-state index contributed by atoms with van der Waals surface area (Å²) < 4.78 is 1.02. The van der Waals surface area contributed by atoms with Crippen molar-refractivity contribution in [2.75, 3.05) is 0 Å². The molecule has 0 bridgehead atoms. The van der Waals surface area contributed by atoms with E-state index in [2.05, 4.69) is 4.98 Å². The van der Waals surface area contributed by atoms with Crippen LogP contribution in [-0.2, 0) is 0 Å². The number of hydrogen-bond acceptors (Lipinski definition) is 3. The second-order valence-corrected chi connectivity index (χ2v) is 4.64. The highest BCUT2D eigenvalue weighted by Gasteiger charge is 2.09. The van der Waals surface area contributed by atoms with Crippen molar-refractivity contribution in [1.82, 2.24) is 9.55 Å². The Bertz CT molecular complexity index is 922. The van der Waals surface area contributed by atoms with Crippen LogP contribution >= 0.6 is 0 Å². The van der Waals surface area contributed by atoms with E-state index >= 15 is 0 Å². The molecule has 100 valence electrons. The summed E-state index contributed by atoms with van der Waals surface area (Å²) in [6, 6.07) is 11.3. The molecule has 0 atom stereocenters. The van der Waals surface area contributed by atoms with Crippen molar-refractivity contribution in [3.8, 4) is 11.4 Å². The Morgan fingerprint density at radius 1 is 1.10 bits per heavy atom. The van der Waals surface area contributed by atoms with E-state index in [1.54, 1.807) is 24.3 Å². The fourth-order valence-electron chi connectivity index (χ4n) is 2.19. The zero-order valence-electron chi connectivity index (χ0n) is 10.8. The summed E-state index contributed by atoms with van der Waals surface area (Å²) >= 11 is 0. The maximum Gasteiger partial charge on any atom is 0.333 e. The van der Waals surface area contributed by atoms with Gasteiger partial charge in [-0.1, -0.05) is 17.7 Å². The first kappa shape index (κ1) is 12.2. The average Bonchev–Trinajstić information content (AvgIpc) is 2.40. The lowest BCUT2D eigenvalue weighted by Gasteiger charge is -2.07. The number of phenols is 1. The number of nitrogens with zero attached hydrogens (tertiary/aromatic N) is 1. The molecule has 5 nitrogen and oxygen atoms in total. The van der Waals surface area contributed by atoms with Crippen LogP contribution in [-0.4, -0.2) is 14.7 Å². The number of aromatic nitrogens is 2. The fourth-order valence-corrected chi connectivity index (χ4v) is 2.19. The summed E-state index contributed by atoms with van der Waals surface area (Å²) in [4.78, 5) is 27.2. The van der Waals surface area contributed by atoms with Gasteiger partial charge in [0.25, 0.3) is 5.56 Å². The Kier molecular flexibility index (Phi) is 2.68. The van der Waals surface area contributed by atoms with Gasteiger partial charge in [-0.05, 0) is 31.2 Å². The molecule has 0 aliphatic carbocycles. The SMILES string of the molecule is Cc1ccc2[nH]c(=O)n(-c3cccc(O)c3)c(=O)c2c1. The molecule has 3 rings (SSSR count). The zero-order chi connectivity index (χ0) is 14.3. The maximum atomic E-state index is 12.5. The molecule has 20 heavy (non-hydrogen) atoms. The number of phenolic OH excluding ortho intramolecular Hbond substituents is 1. The molecule has 1 heterocycles. The van der Waals surface area contributed by atoms with Crippen molar-refractivity contribution in [2.45, 2.75) is 6.92 Å². The van der Waals surface area contributed by atoms with Crippen LogP contribution in [0.2, 0.25) is 0 Å². The third-order valence-corrected chi connectivity index (χ3v) is 3.14. The molecule has 1 aromatic heterocycles. The van der Waals surface area contributed by atoms with Crippen molar-refractivity contribution >= 4 is 10.9 Å². The Morgan fingerprint density at radius 2 is 1.90 bits per heavy atom. The summed E-state index contributed by atoms with van der Waals surface area (Å²) in [7, 11) is 0. The molecule has 0 aliphatic heterocycles. The largest absolute Gasteiger partial charge is 0.508 e. The number of nitrogens with one attached hydrogen (secondary N) is 1. The van der Waals surface area contributed by atoms with Crippen LogP contribution < -0.4 is 11.2 Å². The number of aryl methyl sites for hydroxylation is 1. The van der Waals surface area contributed by atoms with Crippen LogP contribution in [0.4, 0.5) is 0 Å². The van der Waals surface area contributed by atoms with Gasteiger partial charge < -0.3 is 10.1 Å². The first-order valence-electron chi connectivity index (χ1n) is 6.11. The predicted molar refractivity (Wildman–Crippen MR) is 76.6 cm³/mol. The Hall–Kier alpha value is -2.82. The van der Waals surface area contributed by atoms with E-state index in [9.17, 15) is 14.7 Å². The number of fused-ring (bicyclic) bond motifs is 1. The summed E-state index contributed by atoms with van der Waals surface area (Å²) in [6.45, 7) is 1.88. The van der Waals surface area contributed by atoms with Gasteiger partial charge in [0.05, 0.1) is 16.6 Å². The maximum absolute atomic E-state index is 12.5. The topological polar surface area (TPSA) is 75.1 Å². The van der Waals surface area contributed by atoms with Crippen molar-refractivity contribution in [3.63, 3.8) is 0 Å². The van der Waals surface area contributed by atoms with E-state index in [0.29, 0.717) is 16.6 Å². The third kappa shape index (κ3) is 1.89. The normalized spacial score (nSPS) is 10.8. The minimum Gasteiger partial charge on any atom is -0.508 e. The molecular weight excluding hydrogens is 256 g/mol. The molecule has 0 saturated carbocycles. The van der Waals surface area contributed by atoms with E-state index in [-0.39, 0.29) is 5.75 Å². The molecule has 0 amide bonds. The number of hydrogen-bond donors (Lipinski definition) is 2. The van der Waals surface area contributed by atoms with Gasteiger partial charge in [-0.25, -0.2) is 9.36 Å². The summed E-state index contributed by atoms with van der Waals surface area (Å²) in [5.41, 5.74) is 0.834. The highest BCUT2D eigenvalue weighted by molar-refractivity contribution is 5.78. The van der Waals surface area contributed by atoms with Gasteiger partial charge in [0, 0.05) is 6.07 Å². The predicted octanol–water partition coefficient (Wildman–Crippen LogP) is 1.69. The lowest BCUT2D eigenvalue weighted by Crippen LogP contribution is -2.33. The van der Waals surface area contributed by atoms with Gasteiger partial charge in [0.1, 0.15) is 5.75 Å². The molecule has 0 aliphatic rings. The van der Waals surface area contributed by atoms with Crippen molar-refractivity contribution in [1.29, 1.82) is 0 Å². The van der Waals surface area contributed by atoms with Gasteiger partial charge in [0.15, 0.2) is 0 Å². The first-order chi connectivity index (χ1) is 9.56. The summed E-state index contributed by atoms with van der Waals surface area (Å²) in [6.07, 6.45) is 0. The van der Waals surface area contributed by atoms with Gasteiger partial charge >= 0.3 is 5.69 Å². The second-order valence-electron chi connectivity index (χ2n) is 4.64. The van der Waals surface area contributed by atoms with Crippen LogP contribution in [0.5, 0.6) is 5.75 Å². The van der Waals surface area contributed by atoms with Gasteiger partial charge in [0.2, 0.25) is 0 Å². The van der Waals surface area contributed by atoms with Gasteiger partial charge in [-0.2, -0.15) is 0 Å². The van der Waals surface area contributed by atoms with Crippen molar-refractivity contribution in [2.24, 2.45) is 0 Å². The zero-order valence-corrected chi connectivity index (χ0v) is 10.8. The fraction of sp³-hybridized carbons (Fsp3) is 0.0667. The summed E-state index contributed by atoms with van der Waals surface area (Å²) in [5.74, 6) is -0.00172. The first-order valence-corrected chi connectivity index (χ1v) is 6.11. The smallest absolute Gasteiger partial charge is 0.333 e. The molecule has 0 radical (unpaired) electrons. The molecule has 3 aromatic rings. The number of benzene rings is 2. The van der Waals surface area contributed by atoms with E-state index in [4.69, 9.17) is 0 Å². The van der Waals surface area contributed by atoms with E-state index in [1.807, 2.05) is 13.0 Å². The van der Waals surface area contributed by atoms with E-state index in [0.717, 1.165) is 10.1 Å². The van der Waals surface area contributed by atoms with Crippen molar-refractivity contribution < 1.29 is 5.11 Å². The lowest BCUT2D eigenvalue weighted by atomic mass is 10.1. The van der Waals surface area contributed by atoms with E-state index < -0.39 is 11.2 Å². The average molecular weight is 268 g/mol. The molecule has 0 spiro atoms. The highest BCUT2D eigenvalue weighted by atomic mass is 16.3. The Morgan fingerprint density at radius 3 is 2.65 bits per heavy atom. The van der Waals surface area contributed by atoms with Crippen molar-refractivity contribution in [3.05, 3.63) is 68.9 Å². The molecular formula is C15H12N2O3. The van der Waals surface area contributed by atoms with E-state index in [1.165, 1.54) is 12.1 Å². The quantitative estimate of drug-likeness (QED) is 0.705. The van der Waals surface area contributed by atoms with Crippen LogP contribution in [0, 0.1) is 6.92 Å². The highest BCUT2D eigenvalue weighted by Crippen LogP contribution is 2.14. The Balaban J connectivity index is 2.42. The number of rotatable bonds is 1. The number of aromatic hydroxyl groups is 1. The standard InChI is InChI=1S/C15H12N2O3/c1-9-5-6-13-12(7-9)14(19)17(15(20)16-13)10-3-2-4-11(18)8-10/h2-8,18H,1H3,(H,16,20). The minimum atomic E-state index is -0.531. The lowest BCUT2D eigenvalue weighted by molar-refractivity contribution is 0.475. The summed E-state index contributed by atoms with van der Waals surface area (Å²) in [5, 5.41) is 9.92. The molecule has 2 N–H and O–H groups in total. The molecule has 0 fully saturated rings. The molecule has 0 unspecified atom stereocenters. The molecule has 5 heteroatoms.